The van der Waals surface area contributed by atoms with Crippen molar-refractivity contribution < 1.29 is 0 Å². The minimum absolute atomic E-state index is 0.264. The molecule has 2 heteroatoms. The first-order valence-corrected chi connectivity index (χ1v) is 21.8. The molecular formula is C61H48N2. The highest BCUT2D eigenvalue weighted by Crippen LogP contribution is 2.42. The molecule has 10 rings (SSSR count). The zero-order chi connectivity index (χ0) is 42.4. The van der Waals surface area contributed by atoms with Gasteiger partial charge in [0.1, 0.15) is 0 Å². The lowest BCUT2D eigenvalue weighted by atomic mass is 9.85. The smallest absolute Gasteiger partial charge is 0.0643 e. The van der Waals surface area contributed by atoms with Crippen LogP contribution in [0.2, 0.25) is 0 Å². The number of hydrogen-bond donors (Lipinski definition) is 0. The van der Waals surface area contributed by atoms with Gasteiger partial charge in [0, 0.05) is 28.4 Å². The molecule has 0 aromatic heterocycles. The van der Waals surface area contributed by atoms with Gasteiger partial charge in [-0.2, -0.15) is 0 Å². The van der Waals surface area contributed by atoms with Gasteiger partial charge in [0.15, 0.2) is 0 Å². The predicted octanol–water partition coefficient (Wildman–Crippen LogP) is 16.8. The van der Waals surface area contributed by atoms with Crippen LogP contribution in [0, 0.1) is 0 Å². The Morgan fingerprint density at radius 1 is 0.302 bits per heavy atom. The molecule has 0 bridgehead atoms. The largest absolute Gasteiger partial charge is 0.332 e. The number of rotatable bonds is 11. The lowest BCUT2D eigenvalue weighted by molar-refractivity contribution is 0.571. The highest BCUT2D eigenvalue weighted by Gasteiger charge is 2.32. The first-order valence-electron chi connectivity index (χ1n) is 21.8. The molecule has 0 heterocycles. The Kier molecular flexibility index (Phi) is 10.9. The number of hydrogen-bond acceptors (Lipinski definition) is 2. The molecule has 302 valence electrons. The second kappa shape index (κ2) is 17.6. The molecule has 1 aliphatic carbocycles. The summed E-state index contributed by atoms with van der Waals surface area (Å²) >= 11 is 0. The van der Waals surface area contributed by atoms with Crippen LogP contribution >= 0.6 is 0 Å². The topological polar surface area (TPSA) is 6.48 Å². The van der Waals surface area contributed by atoms with Crippen LogP contribution in [0.15, 0.2) is 261 Å². The fourth-order valence-electron chi connectivity index (χ4n) is 8.82. The van der Waals surface area contributed by atoms with Gasteiger partial charge < -0.3 is 9.80 Å². The molecule has 0 amide bonds. The molecule has 0 N–H and O–H groups in total. The summed E-state index contributed by atoms with van der Waals surface area (Å²) in [6, 6.07) is 87.2. The summed E-state index contributed by atoms with van der Waals surface area (Å²) < 4.78 is 0. The standard InChI is InChI=1S/C61H48N2/c1-61(44-42-55(43-45-61)50-24-22-49(23-25-50)46-14-6-2-7-15-46)63(59-20-12-5-13-21-59)60-40-32-54(33-41-60)53-30-38-58(39-31-53)62(56-34-26-51(27-35-56)47-16-8-3-9-17-47)57-36-28-52(29-37-57)48-18-10-4-11-19-48/h2-44H,45H2,1H3. The number of para-hydroxylation sites is 1. The van der Waals surface area contributed by atoms with Crippen LogP contribution in [0.5, 0.6) is 0 Å². The van der Waals surface area contributed by atoms with Gasteiger partial charge in [0.2, 0.25) is 0 Å². The third kappa shape index (κ3) is 8.40. The van der Waals surface area contributed by atoms with E-state index in [9.17, 15) is 0 Å². The Hall–Kier alpha value is -7.94. The van der Waals surface area contributed by atoms with Gasteiger partial charge in [0.25, 0.3) is 0 Å². The van der Waals surface area contributed by atoms with Crippen molar-refractivity contribution in [3.05, 3.63) is 266 Å². The molecule has 0 aliphatic heterocycles. The molecule has 9 aromatic rings. The molecule has 2 nitrogen and oxygen atoms in total. The minimum atomic E-state index is -0.264. The van der Waals surface area contributed by atoms with E-state index >= 15 is 0 Å². The fraction of sp³-hybridized carbons (Fsp3) is 0.0492. The van der Waals surface area contributed by atoms with Crippen LogP contribution in [-0.4, -0.2) is 5.54 Å². The molecule has 1 aliphatic rings. The van der Waals surface area contributed by atoms with Crippen LogP contribution in [-0.2, 0) is 0 Å². The summed E-state index contributed by atoms with van der Waals surface area (Å²) in [6.07, 6.45) is 7.94. The monoisotopic (exact) mass is 808 g/mol. The maximum absolute atomic E-state index is 2.48. The molecular weight excluding hydrogens is 761 g/mol. The Morgan fingerprint density at radius 2 is 0.587 bits per heavy atom. The fourth-order valence-corrected chi connectivity index (χ4v) is 8.82. The van der Waals surface area contributed by atoms with Crippen molar-refractivity contribution in [1.29, 1.82) is 0 Å². The average molecular weight is 809 g/mol. The molecule has 0 saturated heterocycles. The van der Waals surface area contributed by atoms with Gasteiger partial charge in [-0.25, -0.2) is 0 Å². The van der Waals surface area contributed by atoms with Gasteiger partial charge in [-0.1, -0.05) is 200 Å². The van der Waals surface area contributed by atoms with Crippen molar-refractivity contribution in [2.24, 2.45) is 0 Å². The zero-order valence-electron chi connectivity index (χ0n) is 35.4. The lowest BCUT2D eigenvalue weighted by Crippen LogP contribution is -2.42. The summed E-state index contributed by atoms with van der Waals surface area (Å²) in [5.41, 5.74) is 17.5. The molecule has 0 radical (unpaired) electrons. The van der Waals surface area contributed by atoms with Crippen molar-refractivity contribution in [2.45, 2.75) is 18.9 Å². The molecule has 1 atom stereocenters. The molecule has 0 spiro atoms. The Balaban J connectivity index is 0.915. The first kappa shape index (κ1) is 39.2. The summed E-state index contributed by atoms with van der Waals surface area (Å²) in [6.45, 7) is 2.34. The van der Waals surface area contributed by atoms with Crippen LogP contribution in [0.3, 0.4) is 0 Å². The van der Waals surface area contributed by atoms with E-state index in [2.05, 4.69) is 278 Å². The van der Waals surface area contributed by atoms with Crippen LogP contribution in [0.25, 0.3) is 50.1 Å². The van der Waals surface area contributed by atoms with Crippen LogP contribution in [0.4, 0.5) is 28.4 Å². The Labute approximate surface area is 372 Å². The van der Waals surface area contributed by atoms with Gasteiger partial charge in [-0.05, 0) is 130 Å². The number of nitrogens with zero attached hydrogens (tertiary/aromatic N) is 2. The summed E-state index contributed by atoms with van der Waals surface area (Å²) in [5.74, 6) is 0. The van der Waals surface area contributed by atoms with Crippen LogP contribution in [0.1, 0.15) is 18.9 Å². The van der Waals surface area contributed by atoms with E-state index in [1.54, 1.807) is 0 Å². The van der Waals surface area contributed by atoms with Gasteiger partial charge >= 0.3 is 0 Å². The van der Waals surface area contributed by atoms with Crippen molar-refractivity contribution in [2.75, 3.05) is 9.80 Å². The maximum Gasteiger partial charge on any atom is 0.0643 e. The van der Waals surface area contributed by atoms with Gasteiger partial charge in [-0.15, -0.1) is 0 Å². The van der Waals surface area contributed by atoms with Gasteiger partial charge in [0.05, 0.1) is 5.54 Å². The number of allylic oxidation sites excluding steroid dienone is 2. The van der Waals surface area contributed by atoms with E-state index in [-0.39, 0.29) is 5.54 Å². The average Bonchev–Trinajstić information content (AvgIpc) is 3.36. The second-order valence-electron chi connectivity index (χ2n) is 16.4. The lowest BCUT2D eigenvalue weighted by Gasteiger charge is -2.42. The van der Waals surface area contributed by atoms with Crippen LogP contribution < -0.4 is 9.80 Å². The first-order chi connectivity index (χ1) is 31.1. The van der Waals surface area contributed by atoms with E-state index in [0.717, 1.165) is 29.2 Å². The molecule has 63 heavy (non-hydrogen) atoms. The van der Waals surface area contributed by atoms with E-state index in [1.165, 1.54) is 61.3 Å². The van der Waals surface area contributed by atoms with E-state index < -0.39 is 0 Å². The predicted molar refractivity (Wildman–Crippen MR) is 268 cm³/mol. The Morgan fingerprint density at radius 3 is 0.937 bits per heavy atom. The molecule has 0 saturated carbocycles. The van der Waals surface area contributed by atoms with Crippen molar-refractivity contribution in [1.82, 2.24) is 0 Å². The minimum Gasteiger partial charge on any atom is -0.332 e. The summed E-state index contributed by atoms with van der Waals surface area (Å²) in [5, 5.41) is 0. The van der Waals surface area contributed by atoms with Crippen molar-refractivity contribution in [3.8, 4) is 44.5 Å². The zero-order valence-corrected chi connectivity index (χ0v) is 35.4. The maximum atomic E-state index is 2.48. The highest BCUT2D eigenvalue weighted by molar-refractivity contribution is 5.83. The summed E-state index contributed by atoms with van der Waals surface area (Å²) in [4.78, 5) is 4.82. The SMILES string of the molecule is CC1(N(c2ccccc2)c2ccc(-c3ccc(N(c4ccc(-c5ccccc5)cc4)c4ccc(-c5ccccc5)cc4)cc3)cc2)C=CC(c2ccc(-c3ccccc3)cc2)=CC1. The second-order valence-corrected chi connectivity index (χ2v) is 16.4. The Bertz CT molecular complexity index is 2870. The molecule has 1 unspecified atom stereocenters. The van der Waals surface area contributed by atoms with Gasteiger partial charge in [-0.3, -0.25) is 0 Å². The molecule has 0 fully saturated rings. The highest BCUT2D eigenvalue weighted by atomic mass is 15.2. The third-order valence-corrected chi connectivity index (χ3v) is 12.3. The third-order valence-electron chi connectivity index (χ3n) is 12.3. The van der Waals surface area contributed by atoms with Crippen molar-refractivity contribution in [3.63, 3.8) is 0 Å². The number of benzene rings is 9. The summed E-state index contributed by atoms with van der Waals surface area (Å²) in [7, 11) is 0. The van der Waals surface area contributed by atoms with Crippen molar-refractivity contribution >= 4 is 34.0 Å². The van der Waals surface area contributed by atoms with E-state index in [4.69, 9.17) is 0 Å². The number of anilines is 5. The normalized spacial score (nSPS) is 14.5. The van der Waals surface area contributed by atoms with E-state index in [1.807, 2.05) is 0 Å². The molecule has 9 aromatic carbocycles. The van der Waals surface area contributed by atoms with E-state index in [0.29, 0.717) is 0 Å². The quantitative estimate of drug-likeness (QED) is 0.128.